The van der Waals surface area contributed by atoms with Crippen molar-refractivity contribution in [1.29, 1.82) is 0 Å². The average molecular weight is 312 g/mol. The highest BCUT2D eigenvalue weighted by Crippen LogP contribution is 2.08. The van der Waals surface area contributed by atoms with E-state index in [9.17, 15) is 10.1 Å². The van der Waals surface area contributed by atoms with Gasteiger partial charge >= 0.3 is 5.69 Å². The minimum Gasteiger partial charge on any atom is -0.314 e. The molecule has 0 aromatic carbocycles. The van der Waals surface area contributed by atoms with Crippen LogP contribution in [-0.2, 0) is 6.54 Å². The van der Waals surface area contributed by atoms with Crippen LogP contribution in [0.3, 0.4) is 0 Å². The van der Waals surface area contributed by atoms with Gasteiger partial charge in [-0.3, -0.25) is 19.7 Å². The third-order valence-electron chi connectivity index (χ3n) is 3.09. The van der Waals surface area contributed by atoms with E-state index in [0.29, 0.717) is 12.6 Å². The maximum atomic E-state index is 10.5. The molecule has 1 aromatic rings. The Labute approximate surface area is 124 Å². The predicted octanol–water partition coefficient (Wildman–Crippen LogP) is 0.929. The second-order valence-electron chi connectivity index (χ2n) is 4.31. The van der Waals surface area contributed by atoms with Gasteiger partial charge in [-0.05, 0) is 6.92 Å². The largest absolute Gasteiger partial charge is 0.314 e. The van der Waals surface area contributed by atoms with Crippen molar-refractivity contribution in [1.82, 2.24) is 20.0 Å². The molecule has 0 aliphatic carbocycles. The van der Waals surface area contributed by atoms with Crippen LogP contribution in [0.25, 0.3) is 0 Å². The Hall–Kier alpha value is -0.890. The van der Waals surface area contributed by atoms with Crippen molar-refractivity contribution in [3.05, 3.63) is 22.5 Å². The van der Waals surface area contributed by atoms with Crippen molar-refractivity contribution in [3.8, 4) is 0 Å². The van der Waals surface area contributed by atoms with Crippen LogP contribution >= 0.6 is 24.8 Å². The molecule has 7 nitrogen and oxygen atoms in total. The van der Waals surface area contributed by atoms with Crippen molar-refractivity contribution >= 4 is 30.5 Å². The quantitative estimate of drug-likeness (QED) is 0.661. The van der Waals surface area contributed by atoms with Gasteiger partial charge in [-0.15, -0.1) is 24.8 Å². The van der Waals surface area contributed by atoms with Gasteiger partial charge < -0.3 is 5.32 Å². The summed E-state index contributed by atoms with van der Waals surface area (Å²) in [6.07, 6.45) is 2.77. The Morgan fingerprint density at radius 2 is 2.26 bits per heavy atom. The first-order valence-corrected chi connectivity index (χ1v) is 5.78. The molecule has 1 aliphatic heterocycles. The average Bonchev–Trinajstić information content (AvgIpc) is 2.77. The summed E-state index contributed by atoms with van der Waals surface area (Å²) in [4.78, 5) is 12.5. The summed E-state index contributed by atoms with van der Waals surface area (Å²) in [6, 6.07) is 0.509. The van der Waals surface area contributed by atoms with Gasteiger partial charge in [0.15, 0.2) is 0 Å². The molecule has 0 radical (unpaired) electrons. The lowest BCUT2D eigenvalue weighted by atomic mass is 10.2. The highest BCUT2D eigenvalue weighted by atomic mass is 35.5. The Morgan fingerprint density at radius 3 is 2.84 bits per heavy atom. The predicted molar refractivity (Wildman–Crippen MR) is 77.3 cm³/mol. The van der Waals surface area contributed by atoms with Crippen LogP contribution in [0.4, 0.5) is 5.69 Å². The number of nitrogens with one attached hydrogen (secondary N) is 1. The van der Waals surface area contributed by atoms with Crippen LogP contribution in [0.15, 0.2) is 12.4 Å². The fourth-order valence-electron chi connectivity index (χ4n) is 2.02. The monoisotopic (exact) mass is 311 g/mol. The number of nitro groups is 1. The summed E-state index contributed by atoms with van der Waals surface area (Å²) in [7, 11) is 0. The first-order chi connectivity index (χ1) is 8.16. The van der Waals surface area contributed by atoms with E-state index in [2.05, 4.69) is 22.2 Å². The lowest BCUT2D eigenvalue weighted by molar-refractivity contribution is -0.385. The molecule has 19 heavy (non-hydrogen) atoms. The van der Waals surface area contributed by atoms with Crippen LogP contribution in [0, 0.1) is 10.1 Å². The van der Waals surface area contributed by atoms with E-state index in [4.69, 9.17) is 0 Å². The molecule has 0 bridgehead atoms. The molecule has 110 valence electrons. The first-order valence-electron chi connectivity index (χ1n) is 5.78. The maximum Gasteiger partial charge on any atom is 0.306 e. The molecule has 9 heteroatoms. The van der Waals surface area contributed by atoms with Gasteiger partial charge in [-0.25, -0.2) is 0 Å². The van der Waals surface area contributed by atoms with Gasteiger partial charge in [-0.2, -0.15) is 5.10 Å². The Kier molecular flexibility index (Phi) is 7.93. The van der Waals surface area contributed by atoms with Crippen molar-refractivity contribution in [2.24, 2.45) is 0 Å². The van der Waals surface area contributed by atoms with E-state index in [1.54, 1.807) is 4.68 Å². The fraction of sp³-hybridized carbons (Fsp3) is 0.700. The molecular weight excluding hydrogens is 293 g/mol. The second-order valence-corrected chi connectivity index (χ2v) is 4.31. The van der Waals surface area contributed by atoms with Crippen molar-refractivity contribution < 1.29 is 4.92 Å². The lowest BCUT2D eigenvalue weighted by Gasteiger charge is -2.33. The number of aromatic nitrogens is 2. The summed E-state index contributed by atoms with van der Waals surface area (Å²) in [6.45, 7) is 6.77. The summed E-state index contributed by atoms with van der Waals surface area (Å²) >= 11 is 0. The highest BCUT2D eigenvalue weighted by molar-refractivity contribution is 5.85. The van der Waals surface area contributed by atoms with Crippen LogP contribution in [0.2, 0.25) is 0 Å². The van der Waals surface area contributed by atoms with Gasteiger partial charge in [0.1, 0.15) is 12.4 Å². The highest BCUT2D eigenvalue weighted by Gasteiger charge is 2.17. The maximum absolute atomic E-state index is 10.5. The molecule has 1 aliphatic rings. The third-order valence-corrected chi connectivity index (χ3v) is 3.09. The number of piperazine rings is 1. The molecule has 1 fully saturated rings. The summed E-state index contributed by atoms with van der Waals surface area (Å²) in [5.74, 6) is 0. The Balaban J connectivity index is 0.00000162. The summed E-state index contributed by atoms with van der Waals surface area (Å²) in [5.41, 5.74) is 0.0540. The van der Waals surface area contributed by atoms with Crippen LogP contribution in [0.5, 0.6) is 0 Å². The van der Waals surface area contributed by atoms with Gasteiger partial charge in [0.2, 0.25) is 0 Å². The zero-order chi connectivity index (χ0) is 12.3. The molecule has 0 unspecified atom stereocenters. The molecule has 1 atom stereocenters. The minimum atomic E-state index is -0.420. The fourth-order valence-corrected chi connectivity index (χ4v) is 2.02. The first kappa shape index (κ1) is 18.1. The number of nitrogens with zero attached hydrogens (tertiary/aromatic N) is 4. The van der Waals surface area contributed by atoms with Crippen LogP contribution in [-0.4, -0.2) is 51.8 Å². The van der Waals surface area contributed by atoms with Crippen LogP contribution in [0.1, 0.15) is 6.92 Å². The number of halogens is 2. The molecule has 0 saturated carbocycles. The molecule has 2 heterocycles. The standard InChI is InChI=1S/C10H17N5O2.2ClH/c1-9-6-11-2-3-13(9)4-5-14-8-10(7-12-14)15(16)17;;/h7-9,11H,2-6H2,1H3;2*1H/t9-;;/m1../s1. The lowest BCUT2D eigenvalue weighted by Crippen LogP contribution is -2.50. The van der Waals surface area contributed by atoms with E-state index in [1.165, 1.54) is 12.4 Å². The van der Waals surface area contributed by atoms with E-state index in [1.807, 2.05) is 0 Å². The van der Waals surface area contributed by atoms with Gasteiger partial charge in [-0.1, -0.05) is 0 Å². The van der Waals surface area contributed by atoms with Gasteiger partial charge in [0.25, 0.3) is 0 Å². The van der Waals surface area contributed by atoms with Crippen LogP contribution < -0.4 is 5.32 Å². The normalized spacial score (nSPS) is 19.3. The molecular formula is C10H19Cl2N5O2. The van der Waals surface area contributed by atoms with Crippen molar-refractivity contribution in [2.75, 3.05) is 26.2 Å². The van der Waals surface area contributed by atoms with Crippen molar-refractivity contribution in [2.45, 2.75) is 19.5 Å². The molecule has 0 amide bonds. The molecule has 1 saturated heterocycles. The molecule has 1 N–H and O–H groups in total. The molecule has 1 aromatic heterocycles. The van der Waals surface area contributed by atoms with E-state index >= 15 is 0 Å². The van der Waals surface area contributed by atoms with E-state index < -0.39 is 4.92 Å². The number of hydrogen-bond acceptors (Lipinski definition) is 5. The smallest absolute Gasteiger partial charge is 0.306 e. The summed E-state index contributed by atoms with van der Waals surface area (Å²) in [5, 5.41) is 17.8. The Morgan fingerprint density at radius 1 is 1.53 bits per heavy atom. The third kappa shape index (κ3) is 4.94. The van der Waals surface area contributed by atoms with Crippen molar-refractivity contribution in [3.63, 3.8) is 0 Å². The van der Waals surface area contributed by atoms with Gasteiger partial charge in [0, 0.05) is 32.2 Å². The minimum absolute atomic E-state index is 0. The zero-order valence-corrected chi connectivity index (χ0v) is 12.3. The number of rotatable bonds is 4. The summed E-state index contributed by atoms with van der Waals surface area (Å²) < 4.78 is 1.63. The molecule has 2 rings (SSSR count). The van der Waals surface area contributed by atoms with E-state index in [-0.39, 0.29) is 30.5 Å². The second kappa shape index (κ2) is 8.31. The topological polar surface area (TPSA) is 76.2 Å². The Bertz CT molecular complexity index is 401. The number of hydrogen-bond donors (Lipinski definition) is 1. The van der Waals surface area contributed by atoms with E-state index in [0.717, 1.165) is 26.2 Å². The molecule has 0 spiro atoms. The van der Waals surface area contributed by atoms with Gasteiger partial charge in [0.05, 0.1) is 11.5 Å². The SMILES string of the molecule is C[C@@H]1CNCCN1CCn1cc([N+](=O)[O-])cn1.Cl.Cl. The zero-order valence-electron chi connectivity index (χ0n) is 10.7.